The Hall–Kier alpha value is -2.76. The molecular formula is C21H22FN3O3S. The number of benzene rings is 2. The molecule has 1 saturated heterocycles. The molecule has 1 heterocycles. The quantitative estimate of drug-likeness (QED) is 0.813. The van der Waals surface area contributed by atoms with E-state index < -0.39 is 10.0 Å². The zero-order chi connectivity index (χ0) is 21.0. The number of nitriles is 1. The van der Waals surface area contributed by atoms with Gasteiger partial charge < -0.3 is 5.32 Å². The maximum Gasteiger partial charge on any atom is 0.243 e. The summed E-state index contributed by atoms with van der Waals surface area (Å²) in [6.45, 7) is 2.34. The SMILES string of the molecule is C[C@@H](NC(=O)C1CCN(S(=O)(=O)c2ccc(C#N)cc2)CC1)c1ccc(F)cc1. The predicted molar refractivity (Wildman–Crippen MR) is 106 cm³/mol. The summed E-state index contributed by atoms with van der Waals surface area (Å²) in [6, 6.07) is 13.5. The van der Waals surface area contributed by atoms with Gasteiger partial charge in [0.15, 0.2) is 0 Å². The molecule has 0 saturated carbocycles. The number of nitrogens with zero attached hydrogens (tertiary/aromatic N) is 2. The fourth-order valence-electron chi connectivity index (χ4n) is 3.37. The third-order valence-electron chi connectivity index (χ3n) is 5.17. The average molecular weight is 415 g/mol. The first-order valence-corrected chi connectivity index (χ1v) is 10.8. The Morgan fingerprint density at radius 3 is 2.28 bits per heavy atom. The van der Waals surface area contributed by atoms with Gasteiger partial charge in [-0.05, 0) is 61.7 Å². The molecular weight excluding hydrogens is 393 g/mol. The Balaban J connectivity index is 1.58. The van der Waals surface area contributed by atoms with E-state index >= 15 is 0 Å². The molecule has 29 heavy (non-hydrogen) atoms. The van der Waals surface area contributed by atoms with Gasteiger partial charge in [-0.25, -0.2) is 12.8 Å². The van der Waals surface area contributed by atoms with Crippen LogP contribution in [-0.2, 0) is 14.8 Å². The molecule has 1 aliphatic rings. The molecule has 1 atom stereocenters. The van der Waals surface area contributed by atoms with Gasteiger partial charge in [0, 0.05) is 19.0 Å². The van der Waals surface area contributed by atoms with Crippen LogP contribution in [0.15, 0.2) is 53.4 Å². The first kappa shape index (κ1) is 21.0. The molecule has 0 spiro atoms. The summed E-state index contributed by atoms with van der Waals surface area (Å²) in [5, 5.41) is 11.8. The van der Waals surface area contributed by atoms with Crippen molar-refractivity contribution in [2.24, 2.45) is 5.92 Å². The first-order valence-electron chi connectivity index (χ1n) is 9.37. The van der Waals surface area contributed by atoms with Gasteiger partial charge in [-0.1, -0.05) is 12.1 Å². The molecule has 8 heteroatoms. The number of carbonyl (C=O) groups excluding carboxylic acids is 1. The van der Waals surface area contributed by atoms with E-state index in [0.29, 0.717) is 18.4 Å². The third kappa shape index (κ3) is 4.81. The maximum absolute atomic E-state index is 13.0. The molecule has 0 bridgehead atoms. The number of hydrogen-bond donors (Lipinski definition) is 1. The molecule has 0 aromatic heterocycles. The highest BCUT2D eigenvalue weighted by molar-refractivity contribution is 7.89. The fraction of sp³-hybridized carbons (Fsp3) is 0.333. The Morgan fingerprint density at radius 1 is 1.14 bits per heavy atom. The van der Waals surface area contributed by atoms with E-state index in [4.69, 9.17) is 5.26 Å². The first-order chi connectivity index (χ1) is 13.8. The summed E-state index contributed by atoms with van der Waals surface area (Å²) in [7, 11) is -3.65. The lowest BCUT2D eigenvalue weighted by Gasteiger charge is -2.31. The van der Waals surface area contributed by atoms with Crippen molar-refractivity contribution >= 4 is 15.9 Å². The number of piperidine rings is 1. The lowest BCUT2D eigenvalue weighted by molar-refractivity contribution is -0.126. The van der Waals surface area contributed by atoms with Crippen molar-refractivity contribution in [3.8, 4) is 6.07 Å². The highest BCUT2D eigenvalue weighted by atomic mass is 32.2. The number of hydrogen-bond acceptors (Lipinski definition) is 4. The molecule has 0 radical (unpaired) electrons. The Bertz CT molecular complexity index is 1010. The molecule has 2 aromatic carbocycles. The van der Waals surface area contributed by atoms with Crippen LogP contribution in [0.3, 0.4) is 0 Å². The van der Waals surface area contributed by atoms with E-state index in [0.717, 1.165) is 5.56 Å². The van der Waals surface area contributed by atoms with Gasteiger partial charge in [-0.15, -0.1) is 0 Å². The number of sulfonamides is 1. The van der Waals surface area contributed by atoms with Crippen LogP contribution in [0, 0.1) is 23.1 Å². The summed E-state index contributed by atoms with van der Waals surface area (Å²) in [6.07, 6.45) is 0.856. The van der Waals surface area contributed by atoms with Crippen LogP contribution < -0.4 is 5.32 Å². The Labute approximate surface area is 170 Å². The standard InChI is InChI=1S/C21H22FN3O3S/c1-15(17-4-6-19(22)7-5-17)24-21(26)18-10-12-25(13-11-18)29(27,28)20-8-2-16(14-23)3-9-20/h2-9,15,18H,10-13H2,1H3,(H,24,26)/t15-/m1/s1. The zero-order valence-corrected chi connectivity index (χ0v) is 16.8. The highest BCUT2D eigenvalue weighted by Gasteiger charge is 2.32. The minimum atomic E-state index is -3.65. The van der Waals surface area contributed by atoms with Gasteiger partial charge in [0.1, 0.15) is 5.82 Å². The third-order valence-corrected chi connectivity index (χ3v) is 7.09. The molecule has 152 valence electrons. The van der Waals surface area contributed by atoms with Crippen molar-refractivity contribution < 1.29 is 17.6 Å². The van der Waals surface area contributed by atoms with Crippen molar-refractivity contribution in [2.75, 3.05) is 13.1 Å². The smallest absolute Gasteiger partial charge is 0.243 e. The number of carbonyl (C=O) groups is 1. The summed E-state index contributed by atoms with van der Waals surface area (Å²) in [4.78, 5) is 12.7. The van der Waals surface area contributed by atoms with Crippen molar-refractivity contribution in [1.29, 1.82) is 5.26 Å². The summed E-state index contributed by atoms with van der Waals surface area (Å²) in [5.74, 6) is -0.731. The van der Waals surface area contributed by atoms with Gasteiger partial charge in [-0.3, -0.25) is 4.79 Å². The van der Waals surface area contributed by atoms with Gasteiger partial charge in [-0.2, -0.15) is 9.57 Å². The molecule has 1 amide bonds. The summed E-state index contributed by atoms with van der Waals surface area (Å²) >= 11 is 0. The van der Waals surface area contributed by atoms with Gasteiger partial charge in [0.05, 0.1) is 22.6 Å². The van der Waals surface area contributed by atoms with Crippen LogP contribution in [0.1, 0.15) is 36.9 Å². The monoisotopic (exact) mass is 415 g/mol. The van der Waals surface area contributed by atoms with Crippen LogP contribution in [0.25, 0.3) is 0 Å². The lowest BCUT2D eigenvalue weighted by atomic mass is 9.96. The summed E-state index contributed by atoms with van der Waals surface area (Å²) in [5.41, 5.74) is 1.20. The second-order valence-electron chi connectivity index (χ2n) is 7.10. The zero-order valence-electron chi connectivity index (χ0n) is 16.0. The summed E-state index contributed by atoms with van der Waals surface area (Å²) < 4.78 is 39.9. The average Bonchev–Trinajstić information content (AvgIpc) is 2.74. The van der Waals surface area contributed by atoms with Crippen molar-refractivity contribution in [3.63, 3.8) is 0 Å². The van der Waals surface area contributed by atoms with Crippen LogP contribution in [0.4, 0.5) is 4.39 Å². The van der Waals surface area contributed by atoms with Crippen LogP contribution in [0.2, 0.25) is 0 Å². The Morgan fingerprint density at radius 2 is 1.72 bits per heavy atom. The predicted octanol–water partition coefficient (Wildman–Crippen LogP) is 2.98. The van der Waals surface area contributed by atoms with Crippen molar-refractivity contribution in [1.82, 2.24) is 9.62 Å². The van der Waals surface area contributed by atoms with E-state index in [-0.39, 0.29) is 41.7 Å². The molecule has 1 fully saturated rings. The minimum Gasteiger partial charge on any atom is -0.349 e. The van der Waals surface area contributed by atoms with E-state index in [1.54, 1.807) is 12.1 Å². The maximum atomic E-state index is 13.0. The van der Waals surface area contributed by atoms with Crippen LogP contribution >= 0.6 is 0 Å². The number of halogens is 1. The van der Waals surface area contributed by atoms with Crippen LogP contribution in [0.5, 0.6) is 0 Å². The minimum absolute atomic E-state index is 0.128. The molecule has 3 rings (SSSR count). The molecule has 1 aliphatic heterocycles. The fourth-order valence-corrected chi connectivity index (χ4v) is 4.84. The van der Waals surface area contributed by atoms with Crippen LogP contribution in [-0.4, -0.2) is 31.7 Å². The normalized spacial score (nSPS) is 16.7. The second-order valence-corrected chi connectivity index (χ2v) is 9.03. The van der Waals surface area contributed by atoms with E-state index in [9.17, 15) is 17.6 Å². The van der Waals surface area contributed by atoms with Gasteiger partial charge in [0.25, 0.3) is 0 Å². The topological polar surface area (TPSA) is 90.3 Å². The van der Waals surface area contributed by atoms with Gasteiger partial charge in [0.2, 0.25) is 15.9 Å². The number of amides is 1. The van der Waals surface area contributed by atoms with Crippen molar-refractivity contribution in [2.45, 2.75) is 30.7 Å². The van der Waals surface area contributed by atoms with Crippen molar-refractivity contribution in [3.05, 3.63) is 65.5 Å². The van der Waals surface area contributed by atoms with E-state index in [2.05, 4.69) is 5.32 Å². The molecule has 0 aliphatic carbocycles. The largest absolute Gasteiger partial charge is 0.349 e. The molecule has 6 nitrogen and oxygen atoms in total. The van der Waals surface area contributed by atoms with Gasteiger partial charge >= 0.3 is 0 Å². The Kier molecular flexibility index (Phi) is 6.30. The number of nitrogens with one attached hydrogen (secondary N) is 1. The second kappa shape index (κ2) is 8.72. The molecule has 2 aromatic rings. The highest BCUT2D eigenvalue weighted by Crippen LogP contribution is 2.25. The van der Waals surface area contributed by atoms with E-state index in [1.165, 1.54) is 40.7 Å². The lowest BCUT2D eigenvalue weighted by Crippen LogP contribution is -2.43. The molecule has 1 N–H and O–H groups in total. The number of rotatable bonds is 5. The van der Waals surface area contributed by atoms with E-state index in [1.807, 2.05) is 13.0 Å². The molecule has 0 unspecified atom stereocenters.